The number of aliphatic hydroxyl groups excluding tert-OH is 1. The molecule has 1 nitrogen and oxygen atoms in total. The van der Waals surface area contributed by atoms with Crippen molar-refractivity contribution in [3.05, 3.63) is 0 Å². The van der Waals surface area contributed by atoms with Crippen LogP contribution < -0.4 is 0 Å². The Labute approximate surface area is 44.5 Å². The predicted octanol–water partition coefficient (Wildman–Crippen LogP) is 0.555. The molecule has 1 rings (SSSR count). The van der Waals surface area contributed by atoms with Gasteiger partial charge < -0.3 is 5.11 Å². The molecule has 0 aromatic heterocycles. The van der Waals surface area contributed by atoms with Crippen molar-refractivity contribution in [2.75, 3.05) is 0 Å². The van der Waals surface area contributed by atoms with Crippen LogP contribution in [0, 0.1) is 0 Å². The lowest BCUT2D eigenvalue weighted by molar-refractivity contribution is 0.282. The molecule has 2 atom stereocenters. The average Bonchev–Trinajstić information content (AvgIpc) is 1.79. The maximum atomic E-state index is 8.43. The van der Waals surface area contributed by atoms with Crippen molar-refractivity contribution in [1.82, 2.24) is 0 Å². The first kappa shape index (κ1) is 3.87. The maximum Gasteiger partial charge on any atom is 0.0669 e. The molecule has 1 N–H and O–H groups in total. The van der Waals surface area contributed by atoms with Gasteiger partial charge in [-0.1, -0.05) is 22.6 Å². The summed E-state index contributed by atoms with van der Waals surface area (Å²) in [6.07, 6.45) is 1.05. The summed E-state index contributed by atoms with van der Waals surface area (Å²) in [5.41, 5.74) is 0. The van der Waals surface area contributed by atoms with E-state index in [1.54, 1.807) is 0 Å². The highest BCUT2D eigenvalue weighted by molar-refractivity contribution is 14.1. The highest BCUT2D eigenvalue weighted by Gasteiger charge is 2.31. The van der Waals surface area contributed by atoms with Crippen LogP contribution in [0.2, 0.25) is 0 Å². The van der Waals surface area contributed by atoms with Crippen LogP contribution in [0.15, 0.2) is 0 Å². The van der Waals surface area contributed by atoms with Gasteiger partial charge in [0.15, 0.2) is 0 Å². The molecule has 0 aliphatic heterocycles. The monoisotopic (exact) mass is 184 g/mol. The third-order valence-electron chi connectivity index (χ3n) is 0.681. The van der Waals surface area contributed by atoms with Gasteiger partial charge in [-0.15, -0.1) is 0 Å². The summed E-state index contributed by atoms with van der Waals surface area (Å²) in [5.74, 6) is 0. The molecule has 1 fully saturated rings. The lowest BCUT2D eigenvalue weighted by Crippen LogP contribution is -1.76. The van der Waals surface area contributed by atoms with Crippen LogP contribution in [0.4, 0.5) is 0 Å². The van der Waals surface area contributed by atoms with Crippen LogP contribution in [0.3, 0.4) is 0 Å². The summed E-state index contributed by atoms with van der Waals surface area (Å²) < 4.78 is 0.576. The van der Waals surface area contributed by atoms with Gasteiger partial charge in [0.1, 0.15) is 0 Å². The zero-order valence-corrected chi connectivity index (χ0v) is 4.84. The van der Waals surface area contributed by atoms with Gasteiger partial charge in [-0.05, 0) is 6.42 Å². The number of rotatable bonds is 0. The second-order valence-electron chi connectivity index (χ2n) is 1.32. The number of alkyl halides is 1. The summed E-state index contributed by atoms with van der Waals surface area (Å²) in [6, 6.07) is 0. The SMILES string of the molecule is O[C@@H]1C[C@@H]1I. The fourth-order valence-corrected chi connectivity index (χ4v) is 0.673. The molecular formula is C3H5IO. The quantitative estimate of drug-likeness (QED) is 0.430. The largest absolute Gasteiger partial charge is 0.392 e. The van der Waals surface area contributed by atoms with E-state index >= 15 is 0 Å². The van der Waals surface area contributed by atoms with Crippen LogP contribution in [0.5, 0.6) is 0 Å². The molecule has 0 radical (unpaired) electrons. The minimum absolute atomic E-state index is 0.0376. The molecule has 1 aliphatic rings. The second-order valence-corrected chi connectivity index (χ2v) is 2.92. The van der Waals surface area contributed by atoms with Crippen molar-refractivity contribution >= 4 is 22.6 Å². The molecule has 0 heterocycles. The van der Waals surface area contributed by atoms with Crippen molar-refractivity contribution in [3.8, 4) is 0 Å². The van der Waals surface area contributed by atoms with E-state index in [0.29, 0.717) is 3.92 Å². The zero-order chi connectivity index (χ0) is 3.86. The molecule has 0 saturated heterocycles. The third-order valence-corrected chi connectivity index (χ3v) is 2.02. The zero-order valence-electron chi connectivity index (χ0n) is 2.69. The number of halogens is 1. The van der Waals surface area contributed by atoms with E-state index in [1.807, 2.05) is 0 Å². The Bertz CT molecular complexity index is 40.2. The smallest absolute Gasteiger partial charge is 0.0669 e. The van der Waals surface area contributed by atoms with E-state index in [0.717, 1.165) is 6.42 Å². The minimum Gasteiger partial charge on any atom is -0.392 e. The summed E-state index contributed by atoms with van der Waals surface area (Å²) in [7, 11) is 0. The first-order chi connectivity index (χ1) is 2.30. The molecule has 1 aliphatic carbocycles. The summed E-state index contributed by atoms with van der Waals surface area (Å²) in [4.78, 5) is 0. The normalized spacial score (nSPS) is 49.2. The molecule has 0 spiro atoms. The highest BCUT2D eigenvalue weighted by Crippen LogP contribution is 2.29. The fraction of sp³-hybridized carbons (Fsp3) is 1.00. The Kier molecular flexibility index (Phi) is 0.835. The summed E-state index contributed by atoms with van der Waals surface area (Å²) in [5, 5.41) is 8.43. The van der Waals surface area contributed by atoms with E-state index in [9.17, 15) is 0 Å². The number of hydrogen-bond acceptors (Lipinski definition) is 1. The molecule has 0 aromatic carbocycles. The molecule has 0 unspecified atom stereocenters. The van der Waals surface area contributed by atoms with Gasteiger partial charge in [0.25, 0.3) is 0 Å². The maximum absolute atomic E-state index is 8.43. The van der Waals surface area contributed by atoms with Crippen molar-refractivity contribution in [3.63, 3.8) is 0 Å². The van der Waals surface area contributed by atoms with E-state index in [-0.39, 0.29) is 6.10 Å². The van der Waals surface area contributed by atoms with Gasteiger partial charge in [0, 0.05) is 3.92 Å². The Hall–Kier alpha value is 0.690. The molecular weight excluding hydrogens is 179 g/mol. The Balaban J connectivity index is 2.20. The standard InChI is InChI=1S/C3H5IO/c4-2-1-3(2)5/h2-3,5H,1H2/t2-,3+/m0/s1. The van der Waals surface area contributed by atoms with Gasteiger partial charge >= 0.3 is 0 Å². The van der Waals surface area contributed by atoms with Crippen molar-refractivity contribution in [2.24, 2.45) is 0 Å². The fourth-order valence-electron chi connectivity index (χ4n) is 0.152. The Morgan fingerprint density at radius 1 is 1.80 bits per heavy atom. The molecule has 30 valence electrons. The molecule has 0 aromatic rings. The van der Waals surface area contributed by atoms with Crippen LogP contribution >= 0.6 is 22.6 Å². The average molecular weight is 184 g/mol. The van der Waals surface area contributed by atoms with Gasteiger partial charge in [-0.25, -0.2) is 0 Å². The van der Waals surface area contributed by atoms with Crippen molar-refractivity contribution in [1.29, 1.82) is 0 Å². The van der Waals surface area contributed by atoms with Crippen LogP contribution in [0.25, 0.3) is 0 Å². The van der Waals surface area contributed by atoms with Crippen molar-refractivity contribution < 1.29 is 5.11 Å². The van der Waals surface area contributed by atoms with E-state index in [2.05, 4.69) is 22.6 Å². The van der Waals surface area contributed by atoms with Gasteiger partial charge in [-0.2, -0.15) is 0 Å². The van der Waals surface area contributed by atoms with Crippen LogP contribution in [-0.2, 0) is 0 Å². The molecule has 0 amide bonds. The molecule has 1 saturated carbocycles. The Morgan fingerprint density at radius 3 is 2.00 bits per heavy atom. The summed E-state index contributed by atoms with van der Waals surface area (Å²) in [6.45, 7) is 0. The second kappa shape index (κ2) is 1.08. The predicted molar refractivity (Wildman–Crippen MR) is 28.4 cm³/mol. The first-order valence-corrected chi connectivity index (χ1v) is 2.87. The lowest BCUT2D eigenvalue weighted by Gasteiger charge is -1.66. The first-order valence-electron chi connectivity index (χ1n) is 1.63. The van der Waals surface area contributed by atoms with Gasteiger partial charge in [0.2, 0.25) is 0 Å². The van der Waals surface area contributed by atoms with Gasteiger partial charge in [0.05, 0.1) is 6.10 Å². The third kappa shape index (κ3) is 0.758. The Morgan fingerprint density at radius 2 is 2.00 bits per heavy atom. The van der Waals surface area contributed by atoms with Crippen molar-refractivity contribution in [2.45, 2.75) is 16.4 Å². The van der Waals surface area contributed by atoms with E-state index in [1.165, 1.54) is 0 Å². The minimum atomic E-state index is 0.0376. The van der Waals surface area contributed by atoms with E-state index in [4.69, 9.17) is 5.11 Å². The topological polar surface area (TPSA) is 20.2 Å². The van der Waals surface area contributed by atoms with Crippen LogP contribution in [-0.4, -0.2) is 15.1 Å². The molecule has 2 heteroatoms. The number of aliphatic hydroxyl groups is 1. The van der Waals surface area contributed by atoms with E-state index < -0.39 is 0 Å². The summed E-state index contributed by atoms with van der Waals surface area (Å²) >= 11 is 2.23. The van der Waals surface area contributed by atoms with Crippen LogP contribution in [0.1, 0.15) is 6.42 Å². The highest BCUT2D eigenvalue weighted by atomic mass is 127. The number of hydrogen-bond donors (Lipinski definition) is 1. The molecule has 0 bridgehead atoms. The van der Waals surface area contributed by atoms with Gasteiger partial charge in [-0.3, -0.25) is 0 Å². The molecule has 5 heavy (non-hydrogen) atoms. The lowest BCUT2D eigenvalue weighted by atomic mass is 10.9.